The summed E-state index contributed by atoms with van der Waals surface area (Å²) >= 11 is 0. The van der Waals surface area contributed by atoms with E-state index in [9.17, 15) is 0 Å². The highest BCUT2D eigenvalue weighted by atomic mass is 15.1. The third-order valence-electron chi connectivity index (χ3n) is 13.3. The Morgan fingerprint density at radius 2 is 0.981 bits per heavy atom. The maximum absolute atomic E-state index is 4.20. The van der Waals surface area contributed by atoms with E-state index < -0.39 is 0 Å². The fraction of sp³-hybridized carbons (Fsp3) is 0.682. The predicted octanol–water partition coefficient (Wildman–Crippen LogP) is 6.92. The standard InChI is InChI=1S/C44H70N8/c1-4-33-36(27-49-42-18-10-7-15-39(42)46-24-30-14-13-23-45-30)34(5-2)38-29-51-44-20-12-9-17-41(44)48-26-32-22-21-31(52-32)25-47-40-16-8-11-19-43(40)50-28-37(33)35(38)6-3/h13-14,21-23,39-52H,4-12,15-20,24-29H2,1-3H3/t39-,40-,41-,42-,43-,44-/m1/s1. The Balaban J connectivity index is 1.21. The number of H-pyrrole nitrogens is 2. The van der Waals surface area contributed by atoms with E-state index in [0.29, 0.717) is 36.3 Å². The summed E-state index contributed by atoms with van der Waals surface area (Å²) in [5, 5.41) is 24.5. The zero-order chi connectivity index (χ0) is 35.7. The van der Waals surface area contributed by atoms with Crippen LogP contribution in [0.5, 0.6) is 0 Å². The summed E-state index contributed by atoms with van der Waals surface area (Å²) in [6, 6.07) is 11.8. The van der Waals surface area contributed by atoms with Crippen LogP contribution in [0.3, 0.4) is 0 Å². The summed E-state index contributed by atoms with van der Waals surface area (Å²) in [6.45, 7) is 12.8. The van der Waals surface area contributed by atoms with Gasteiger partial charge in [-0.2, -0.15) is 0 Å². The second kappa shape index (κ2) is 18.7. The minimum atomic E-state index is 0.490. The lowest BCUT2D eigenvalue weighted by molar-refractivity contribution is 0.277. The largest absolute Gasteiger partial charge is 0.364 e. The zero-order valence-corrected chi connectivity index (χ0v) is 32.7. The maximum atomic E-state index is 4.20. The second-order valence-electron chi connectivity index (χ2n) is 16.4. The van der Waals surface area contributed by atoms with E-state index in [1.54, 1.807) is 33.4 Å². The quantitative estimate of drug-likeness (QED) is 0.123. The summed E-state index contributed by atoms with van der Waals surface area (Å²) in [6.07, 6.45) is 20.7. The van der Waals surface area contributed by atoms with Crippen LogP contribution in [0.4, 0.5) is 0 Å². The van der Waals surface area contributed by atoms with Gasteiger partial charge in [0.05, 0.1) is 0 Å². The molecule has 0 amide bonds. The molecule has 286 valence electrons. The molecule has 1 aliphatic heterocycles. The second-order valence-corrected chi connectivity index (χ2v) is 16.4. The van der Waals surface area contributed by atoms with Crippen LogP contribution in [0.1, 0.15) is 148 Å². The molecule has 8 heteroatoms. The minimum absolute atomic E-state index is 0.490. The fourth-order valence-corrected chi connectivity index (χ4v) is 10.5. The molecule has 8 nitrogen and oxygen atoms in total. The molecule has 52 heavy (non-hydrogen) atoms. The molecule has 7 rings (SSSR count). The summed E-state index contributed by atoms with van der Waals surface area (Å²) in [5.74, 6) is 0. The Labute approximate surface area is 314 Å². The van der Waals surface area contributed by atoms with E-state index in [2.05, 4.69) is 86.9 Å². The van der Waals surface area contributed by atoms with Crippen LogP contribution in [0, 0.1) is 0 Å². The summed E-state index contributed by atoms with van der Waals surface area (Å²) in [4.78, 5) is 7.13. The van der Waals surface area contributed by atoms with Gasteiger partial charge in [-0.25, -0.2) is 0 Å². The molecule has 8 N–H and O–H groups in total. The first-order valence-corrected chi connectivity index (χ1v) is 21.5. The van der Waals surface area contributed by atoms with Gasteiger partial charge in [-0.1, -0.05) is 59.3 Å². The molecule has 3 aromatic rings. The molecule has 2 aromatic heterocycles. The predicted molar refractivity (Wildman–Crippen MR) is 215 cm³/mol. The van der Waals surface area contributed by atoms with Crippen LogP contribution in [0.25, 0.3) is 0 Å². The number of aromatic amines is 2. The zero-order valence-electron chi connectivity index (χ0n) is 32.7. The summed E-state index contributed by atoms with van der Waals surface area (Å²) in [7, 11) is 0. The molecule has 1 aromatic carbocycles. The van der Waals surface area contributed by atoms with Gasteiger partial charge in [0, 0.05) is 98.8 Å². The average molecular weight is 711 g/mol. The number of aromatic nitrogens is 2. The van der Waals surface area contributed by atoms with Gasteiger partial charge in [-0.05, 0) is 115 Å². The van der Waals surface area contributed by atoms with Gasteiger partial charge in [0.15, 0.2) is 0 Å². The number of benzene rings is 1. The minimum Gasteiger partial charge on any atom is -0.364 e. The SMILES string of the molecule is CCc1c(CN[C@@H]2CCCC[C@H]2NCc2ccc[nH]2)c(CC)c2c(CC)c1CN[C@@H]1CCCC[C@H]1NCc1ccc([nH]1)CN[C@@H]1CCCC[C@H]1NC2. The van der Waals surface area contributed by atoms with Crippen LogP contribution in [-0.4, -0.2) is 46.2 Å². The lowest BCUT2D eigenvalue weighted by Gasteiger charge is -2.36. The van der Waals surface area contributed by atoms with Crippen molar-refractivity contribution < 1.29 is 0 Å². The van der Waals surface area contributed by atoms with Gasteiger partial charge < -0.3 is 41.9 Å². The van der Waals surface area contributed by atoms with Crippen LogP contribution in [-0.2, 0) is 58.5 Å². The molecular weight excluding hydrogens is 641 g/mol. The lowest BCUT2D eigenvalue weighted by Crippen LogP contribution is -2.50. The molecular formula is C44H70N8. The van der Waals surface area contributed by atoms with Crippen LogP contribution in [0.15, 0.2) is 30.5 Å². The van der Waals surface area contributed by atoms with Crippen molar-refractivity contribution in [2.75, 3.05) is 0 Å². The van der Waals surface area contributed by atoms with Crippen molar-refractivity contribution >= 4 is 0 Å². The monoisotopic (exact) mass is 711 g/mol. The number of hydrogen-bond acceptors (Lipinski definition) is 6. The highest BCUT2D eigenvalue weighted by Crippen LogP contribution is 2.33. The number of hydrogen-bond donors (Lipinski definition) is 8. The summed E-state index contributed by atoms with van der Waals surface area (Å²) in [5.41, 5.74) is 13.5. The molecule has 3 fully saturated rings. The van der Waals surface area contributed by atoms with Gasteiger partial charge in [-0.15, -0.1) is 0 Å². The van der Waals surface area contributed by atoms with Crippen LogP contribution in [0.2, 0.25) is 0 Å². The van der Waals surface area contributed by atoms with E-state index in [4.69, 9.17) is 0 Å². The number of rotatable bonds is 9. The van der Waals surface area contributed by atoms with Gasteiger partial charge in [0.2, 0.25) is 0 Å². The first-order chi connectivity index (χ1) is 25.6. The molecule has 6 atom stereocenters. The highest BCUT2D eigenvalue weighted by molar-refractivity contribution is 5.53. The Bertz CT molecular complexity index is 1450. The first kappa shape index (κ1) is 37.8. The third kappa shape index (κ3) is 9.07. The molecule has 0 radical (unpaired) electrons. The Kier molecular flexibility index (Phi) is 13.6. The topological polar surface area (TPSA) is 104 Å². The lowest BCUT2D eigenvalue weighted by atomic mass is 9.82. The molecule has 4 bridgehead atoms. The van der Waals surface area contributed by atoms with Crippen molar-refractivity contribution in [1.82, 2.24) is 41.9 Å². The Morgan fingerprint density at radius 1 is 0.519 bits per heavy atom. The van der Waals surface area contributed by atoms with Gasteiger partial charge in [-0.3, -0.25) is 0 Å². The molecule has 0 saturated heterocycles. The van der Waals surface area contributed by atoms with Crippen molar-refractivity contribution in [3.8, 4) is 0 Å². The molecule has 3 heterocycles. The van der Waals surface area contributed by atoms with Gasteiger partial charge >= 0.3 is 0 Å². The maximum Gasteiger partial charge on any atom is 0.0360 e. The Morgan fingerprint density at radius 3 is 1.44 bits per heavy atom. The van der Waals surface area contributed by atoms with Crippen molar-refractivity contribution in [3.63, 3.8) is 0 Å². The molecule has 0 unspecified atom stereocenters. The number of nitrogens with one attached hydrogen (secondary N) is 8. The number of fused-ring (bicyclic) bond motifs is 6. The molecule has 3 saturated carbocycles. The fourth-order valence-electron chi connectivity index (χ4n) is 10.5. The van der Waals surface area contributed by atoms with Crippen LogP contribution < -0.4 is 31.9 Å². The molecule has 3 aliphatic carbocycles. The van der Waals surface area contributed by atoms with E-state index in [1.807, 2.05) is 6.20 Å². The van der Waals surface area contributed by atoms with Crippen LogP contribution >= 0.6 is 0 Å². The van der Waals surface area contributed by atoms with Crippen molar-refractivity contribution in [3.05, 3.63) is 80.9 Å². The normalized spacial score (nSPS) is 27.7. The summed E-state index contributed by atoms with van der Waals surface area (Å²) < 4.78 is 0. The molecule has 0 spiro atoms. The Hall–Kier alpha value is -2.46. The average Bonchev–Trinajstić information content (AvgIpc) is 3.88. The van der Waals surface area contributed by atoms with Crippen molar-refractivity contribution in [2.45, 2.75) is 193 Å². The smallest absolute Gasteiger partial charge is 0.0360 e. The van der Waals surface area contributed by atoms with E-state index in [0.717, 1.165) is 58.5 Å². The van der Waals surface area contributed by atoms with Crippen molar-refractivity contribution in [1.29, 1.82) is 0 Å². The van der Waals surface area contributed by atoms with E-state index in [1.165, 1.54) is 94.1 Å². The first-order valence-electron chi connectivity index (χ1n) is 21.5. The van der Waals surface area contributed by atoms with Gasteiger partial charge in [0.25, 0.3) is 0 Å². The van der Waals surface area contributed by atoms with Crippen molar-refractivity contribution in [2.24, 2.45) is 0 Å². The third-order valence-corrected chi connectivity index (χ3v) is 13.3. The van der Waals surface area contributed by atoms with Gasteiger partial charge in [0.1, 0.15) is 0 Å². The highest BCUT2D eigenvalue weighted by Gasteiger charge is 2.30. The van der Waals surface area contributed by atoms with E-state index >= 15 is 0 Å². The molecule has 4 aliphatic rings. The van der Waals surface area contributed by atoms with E-state index in [-0.39, 0.29) is 0 Å².